The van der Waals surface area contributed by atoms with E-state index in [-0.39, 0.29) is 0 Å². The molecule has 1 aromatic rings. The molecule has 0 fully saturated rings. The van der Waals surface area contributed by atoms with E-state index < -0.39 is 0 Å². The van der Waals surface area contributed by atoms with Crippen LogP contribution < -0.4 is 15.4 Å². The summed E-state index contributed by atoms with van der Waals surface area (Å²) in [6.07, 6.45) is 2.49. The van der Waals surface area contributed by atoms with Crippen molar-refractivity contribution < 1.29 is 4.74 Å². The topological polar surface area (TPSA) is 64.3 Å². The number of nitrogens with two attached hydrogens (primary N) is 1. The van der Waals surface area contributed by atoms with Gasteiger partial charge in [-0.15, -0.1) is 0 Å². The van der Waals surface area contributed by atoms with Crippen molar-refractivity contribution in [2.45, 2.75) is 20.3 Å². The van der Waals surface area contributed by atoms with Crippen LogP contribution >= 0.6 is 0 Å². The largest absolute Gasteiger partial charge is 0.481 e. The number of nitrogens with zero attached hydrogens (tertiary/aromatic N) is 3. The van der Waals surface area contributed by atoms with E-state index in [1.807, 2.05) is 6.07 Å². The van der Waals surface area contributed by atoms with Gasteiger partial charge < -0.3 is 15.4 Å². The van der Waals surface area contributed by atoms with Crippen LogP contribution in [-0.2, 0) is 0 Å². The maximum absolute atomic E-state index is 5.56. The zero-order chi connectivity index (χ0) is 12.7. The molecule has 2 N–H and O–H groups in total. The summed E-state index contributed by atoms with van der Waals surface area (Å²) in [5, 5.41) is 0. The third-order valence-electron chi connectivity index (χ3n) is 2.38. The Hall–Kier alpha value is -1.36. The van der Waals surface area contributed by atoms with Gasteiger partial charge in [-0.25, -0.2) is 9.97 Å². The van der Waals surface area contributed by atoms with E-state index in [1.54, 1.807) is 7.11 Å². The standard InChI is InChI=1S/C12H22N4O/c1-10(2)8-16(6-4-5-13)11-7-12(17-3)15-9-14-11/h7,9-10H,4-6,8,13H2,1-3H3. The van der Waals surface area contributed by atoms with Gasteiger partial charge in [-0.05, 0) is 18.9 Å². The first-order valence-electron chi connectivity index (χ1n) is 5.98. The van der Waals surface area contributed by atoms with Gasteiger partial charge in [0.1, 0.15) is 12.1 Å². The zero-order valence-corrected chi connectivity index (χ0v) is 10.9. The van der Waals surface area contributed by atoms with Gasteiger partial charge >= 0.3 is 0 Å². The number of aromatic nitrogens is 2. The zero-order valence-electron chi connectivity index (χ0n) is 10.9. The second-order valence-corrected chi connectivity index (χ2v) is 4.40. The summed E-state index contributed by atoms with van der Waals surface area (Å²) in [7, 11) is 1.61. The fourth-order valence-corrected chi connectivity index (χ4v) is 1.64. The number of rotatable bonds is 7. The van der Waals surface area contributed by atoms with Crippen molar-refractivity contribution in [1.82, 2.24) is 9.97 Å². The van der Waals surface area contributed by atoms with Crippen molar-refractivity contribution in [3.05, 3.63) is 12.4 Å². The summed E-state index contributed by atoms with van der Waals surface area (Å²) in [6, 6.07) is 1.86. The fourth-order valence-electron chi connectivity index (χ4n) is 1.64. The molecule has 17 heavy (non-hydrogen) atoms. The Bertz CT molecular complexity index is 330. The third-order valence-corrected chi connectivity index (χ3v) is 2.38. The molecule has 96 valence electrons. The van der Waals surface area contributed by atoms with Crippen molar-refractivity contribution in [3.8, 4) is 5.88 Å². The Kier molecular flexibility index (Phi) is 5.69. The molecule has 0 atom stereocenters. The predicted octanol–water partition coefficient (Wildman–Crippen LogP) is 1.30. The van der Waals surface area contributed by atoms with E-state index >= 15 is 0 Å². The number of anilines is 1. The maximum atomic E-state index is 5.56. The van der Waals surface area contributed by atoms with Crippen LogP contribution in [0, 0.1) is 5.92 Å². The molecule has 0 radical (unpaired) electrons. The van der Waals surface area contributed by atoms with Gasteiger partial charge in [-0.3, -0.25) is 0 Å². The van der Waals surface area contributed by atoms with Crippen LogP contribution in [0.1, 0.15) is 20.3 Å². The summed E-state index contributed by atoms with van der Waals surface area (Å²) in [4.78, 5) is 10.5. The minimum atomic E-state index is 0.578. The molecule has 1 heterocycles. The first-order valence-corrected chi connectivity index (χ1v) is 5.98. The highest BCUT2D eigenvalue weighted by atomic mass is 16.5. The van der Waals surface area contributed by atoms with E-state index in [4.69, 9.17) is 10.5 Å². The molecule has 0 aliphatic carbocycles. The summed E-state index contributed by atoms with van der Waals surface area (Å²) in [5.41, 5.74) is 5.56. The van der Waals surface area contributed by atoms with Gasteiger partial charge in [0.15, 0.2) is 0 Å². The van der Waals surface area contributed by atoms with Crippen molar-refractivity contribution in [3.63, 3.8) is 0 Å². The fraction of sp³-hybridized carbons (Fsp3) is 0.667. The van der Waals surface area contributed by atoms with Crippen LogP contribution in [0.4, 0.5) is 5.82 Å². The van der Waals surface area contributed by atoms with Gasteiger partial charge in [0.2, 0.25) is 5.88 Å². The van der Waals surface area contributed by atoms with Crippen molar-refractivity contribution >= 4 is 5.82 Å². The molecule has 0 aliphatic heterocycles. The smallest absolute Gasteiger partial charge is 0.218 e. The number of methoxy groups -OCH3 is 1. The summed E-state index contributed by atoms with van der Waals surface area (Å²) >= 11 is 0. The van der Waals surface area contributed by atoms with E-state index in [1.165, 1.54) is 6.33 Å². The molecule has 0 unspecified atom stereocenters. The van der Waals surface area contributed by atoms with Gasteiger partial charge in [-0.1, -0.05) is 13.8 Å². The molecule has 0 amide bonds. The molecule has 0 bridgehead atoms. The lowest BCUT2D eigenvalue weighted by atomic mass is 10.2. The number of hydrogen-bond donors (Lipinski definition) is 1. The molecule has 5 nitrogen and oxygen atoms in total. The van der Waals surface area contributed by atoms with Gasteiger partial charge in [-0.2, -0.15) is 0 Å². The highest BCUT2D eigenvalue weighted by Crippen LogP contribution is 2.16. The minimum Gasteiger partial charge on any atom is -0.481 e. The molecule has 0 spiro atoms. The van der Waals surface area contributed by atoms with Crippen LogP contribution in [-0.4, -0.2) is 36.7 Å². The van der Waals surface area contributed by atoms with Crippen LogP contribution in [0.25, 0.3) is 0 Å². The minimum absolute atomic E-state index is 0.578. The van der Waals surface area contributed by atoms with E-state index in [2.05, 4.69) is 28.7 Å². The SMILES string of the molecule is COc1cc(N(CCCN)CC(C)C)ncn1. The van der Waals surface area contributed by atoms with Crippen molar-refractivity contribution in [1.29, 1.82) is 0 Å². The van der Waals surface area contributed by atoms with Crippen LogP contribution in [0.3, 0.4) is 0 Å². The highest BCUT2D eigenvalue weighted by molar-refractivity contribution is 5.40. The van der Waals surface area contributed by atoms with Crippen LogP contribution in [0.5, 0.6) is 5.88 Å². The lowest BCUT2D eigenvalue weighted by molar-refractivity contribution is 0.396. The predicted molar refractivity (Wildman–Crippen MR) is 69.3 cm³/mol. The van der Waals surface area contributed by atoms with Crippen LogP contribution in [0.15, 0.2) is 12.4 Å². The first-order chi connectivity index (χ1) is 8.17. The van der Waals surface area contributed by atoms with Crippen LogP contribution in [0.2, 0.25) is 0 Å². The lowest BCUT2D eigenvalue weighted by Gasteiger charge is -2.25. The molecule has 1 aromatic heterocycles. The number of hydrogen-bond acceptors (Lipinski definition) is 5. The van der Waals surface area contributed by atoms with Crippen molar-refractivity contribution in [2.75, 3.05) is 31.6 Å². The average molecular weight is 238 g/mol. The summed E-state index contributed by atoms with van der Waals surface area (Å²) in [6.45, 7) is 6.94. The van der Waals surface area contributed by atoms with Gasteiger partial charge in [0.25, 0.3) is 0 Å². The number of ether oxygens (including phenoxy) is 1. The summed E-state index contributed by atoms with van der Waals surface area (Å²) in [5.74, 6) is 2.07. The molecule has 1 rings (SSSR count). The maximum Gasteiger partial charge on any atom is 0.218 e. The van der Waals surface area contributed by atoms with Gasteiger partial charge in [0.05, 0.1) is 7.11 Å². The van der Waals surface area contributed by atoms with Crippen molar-refractivity contribution in [2.24, 2.45) is 11.7 Å². The Morgan fingerprint density at radius 2 is 2.18 bits per heavy atom. The molecular formula is C12H22N4O. The Labute approximate surface area is 103 Å². The Morgan fingerprint density at radius 3 is 2.76 bits per heavy atom. The van der Waals surface area contributed by atoms with Gasteiger partial charge in [0, 0.05) is 19.2 Å². The highest BCUT2D eigenvalue weighted by Gasteiger charge is 2.10. The molecule has 0 aromatic carbocycles. The third kappa shape index (κ3) is 4.56. The van der Waals surface area contributed by atoms with E-state index in [0.29, 0.717) is 18.3 Å². The normalized spacial score (nSPS) is 10.6. The first kappa shape index (κ1) is 13.7. The second-order valence-electron chi connectivity index (χ2n) is 4.40. The Morgan fingerprint density at radius 1 is 1.41 bits per heavy atom. The molecular weight excluding hydrogens is 216 g/mol. The quantitative estimate of drug-likeness (QED) is 0.775. The summed E-state index contributed by atoms with van der Waals surface area (Å²) < 4.78 is 5.11. The van der Waals surface area contributed by atoms with E-state index in [0.717, 1.165) is 25.3 Å². The molecule has 5 heteroatoms. The molecule has 0 aliphatic rings. The average Bonchev–Trinajstić information content (AvgIpc) is 2.34. The molecule has 0 saturated carbocycles. The monoisotopic (exact) mass is 238 g/mol. The van der Waals surface area contributed by atoms with E-state index in [9.17, 15) is 0 Å². The molecule has 0 saturated heterocycles. The second kappa shape index (κ2) is 7.06. The lowest BCUT2D eigenvalue weighted by Crippen LogP contribution is -2.30. The Balaban J connectivity index is 2.78.